The summed E-state index contributed by atoms with van der Waals surface area (Å²) in [5, 5.41) is 6.98. The highest BCUT2D eigenvalue weighted by atomic mass is 16.5. The average Bonchev–Trinajstić information content (AvgIpc) is 3.45. The summed E-state index contributed by atoms with van der Waals surface area (Å²) in [6.07, 6.45) is 7.72. The Hall–Kier alpha value is -2.90. The van der Waals surface area contributed by atoms with Crippen molar-refractivity contribution < 1.29 is 14.3 Å². The highest BCUT2D eigenvalue weighted by Gasteiger charge is 2.35. The number of amides is 2. The number of carbonyl (C=O) groups excluding carboxylic acids is 2. The molecule has 1 N–H and O–H groups in total. The van der Waals surface area contributed by atoms with Crippen LogP contribution in [0.5, 0.6) is 5.88 Å². The van der Waals surface area contributed by atoms with Crippen molar-refractivity contribution in [1.29, 1.82) is 0 Å². The molecular weight excluding hydrogens is 358 g/mol. The number of pyridine rings is 1. The number of fused-ring (bicyclic) bond motifs is 1. The van der Waals surface area contributed by atoms with Crippen LogP contribution in [-0.2, 0) is 19.6 Å². The van der Waals surface area contributed by atoms with Gasteiger partial charge in [-0.2, -0.15) is 5.10 Å². The Morgan fingerprint density at radius 3 is 2.82 bits per heavy atom. The van der Waals surface area contributed by atoms with E-state index in [-0.39, 0.29) is 18.4 Å². The number of hydrogen-bond donors (Lipinski definition) is 1. The number of hydrogen-bond acceptors (Lipinski definition) is 5. The number of carbonyl (C=O) groups is 2. The van der Waals surface area contributed by atoms with E-state index < -0.39 is 0 Å². The second-order valence-corrected chi connectivity index (χ2v) is 7.29. The van der Waals surface area contributed by atoms with Gasteiger partial charge >= 0.3 is 0 Å². The van der Waals surface area contributed by atoms with Gasteiger partial charge in [0.1, 0.15) is 0 Å². The van der Waals surface area contributed by atoms with Crippen molar-refractivity contribution in [3.05, 3.63) is 40.8 Å². The number of nitrogens with one attached hydrogen (secondary N) is 1. The van der Waals surface area contributed by atoms with E-state index in [0.29, 0.717) is 41.7 Å². The van der Waals surface area contributed by atoms with E-state index >= 15 is 0 Å². The lowest BCUT2D eigenvalue weighted by Crippen LogP contribution is -2.33. The molecule has 0 radical (unpaired) electrons. The smallest absolute Gasteiger partial charge is 0.256 e. The van der Waals surface area contributed by atoms with Crippen LogP contribution in [0, 0.1) is 0 Å². The van der Waals surface area contributed by atoms with Gasteiger partial charge < -0.3 is 15.0 Å². The maximum atomic E-state index is 12.9. The first kappa shape index (κ1) is 18.5. The number of nitrogens with zero attached hydrogens (tertiary/aromatic N) is 4. The number of rotatable bonds is 6. The lowest BCUT2D eigenvalue weighted by atomic mass is 10.1. The van der Waals surface area contributed by atoms with Gasteiger partial charge in [0.25, 0.3) is 11.8 Å². The molecule has 2 aromatic heterocycles. The molecule has 8 nitrogen and oxygen atoms in total. The molecule has 0 aromatic carbocycles. The van der Waals surface area contributed by atoms with Gasteiger partial charge in [-0.05, 0) is 25.8 Å². The zero-order valence-corrected chi connectivity index (χ0v) is 16.3. The molecule has 3 heterocycles. The summed E-state index contributed by atoms with van der Waals surface area (Å²) in [5.41, 5.74) is 2.57. The molecule has 2 amide bonds. The fourth-order valence-electron chi connectivity index (χ4n) is 4.01. The van der Waals surface area contributed by atoms with Gasteiger partial charge in [-0.1, -0.05) is 12.8 Å². The standard InChI is InChI=1S/C20H25N5O3/c1-3-24-11-14(10-22-24)18(26)21-9-13-8-16-17(23-19(13)28-2)12-25(20(16)27)15-6-4-5-7-15/h8,10-11,15H,3-7,9,12H2,1-2H3,(H,21,26). The molecule has 2 aliphatic rings. The van der Waals surface area contributed by atoms with E-state index in [9.17, 15) is 9.59 Å². The molecule has 1 aliphatic carbocycles. The molecule has 148 valence electrons. The molecule has 0 bridgehead atoms. The molecule has 1 aliphatic heterocycles. The van der Waals surface area contributed by atoms with E-state index in [2.05, 4.69) is 15.4 Å². The molecular formula is C20H25N5O3. The molecule has 4 rings (SSSR count). The van der Waals surface area contributed by atoms with Crippen LogP contribution in [0.25, 0.3) is 0 Å². The van der Waals surface area contributed by atoms with Gasteiger partial charge in [0.15, 0.2) is 0 Å². The lowest BCUT2D eigenvalue weighted by Gasteiger charge is -2.22. The van der Waals surface area contributed by atoms with Crippen LogP contribution in [0.2, 0.25) is 0 Å². The number of methoxy groups -OCH3 is 1. The molecule has 1 fully saturated rings. The minimum atomic E-state index is -0.221. The van der Waals surface area contributed by atoms with E-state index in [0.717, 1.165) is 18.5 Å². The Bertz CT molecular complexity index is 901. The molecule has 28 heavy (non-hydrogen) atoms. The summed E-state index contributed by atoms with van der Waals surface area (Å²) < 4.78 is 7.11. The van der Waals surface area contributed by atoms with Crippen molar-refractivity contribution in [2.45, 2.75) is 58.3 Å². The second kappa shape index (κ2) is 7.61. The summed E-state index contributed by atoms with van der Waals surface area (Å²) in [4.78, 5) is 31.7. The maximum Gasteiger partial charge on any atom is 0.256 e. The van der Waals surface area contributed by atoms with Crippen LogP contribution in [-0.4, -0.2) is 44.6 Å². The predicted molar refractivity (Wildman–Crippen MR) is 102 cm³/mol. The fourth-order valence-corrected chi connectivity index (χ4v) is 4.01. The molecule has 0 saturated heterocycles. The quantitative estimate of drug-likeness (QED) is 0.825. The molecule has 1 saturated carbocycles. The van der Waals surface area contributed by atoms with Crippen molar-refractivity contribution >= 4 is 11.8 Å². The third-order valence-corrected chi connectivity index (χ3v) is 5.57. The third-order valence-electron chi connectivity index (χ3n) is 5.57. The van der Waals surface area contributed by atoms with E-state index in [1.165, 1.54) is 12.8 Å². The Morgan fingerprint density at radius 1 is 1.36 bits per heavy atom. The first-order valence-corrected chi connectivity index (χ1v) is 9.79. The van der Waals surface area contributed by atoms with E-state index in [4.69, 9.17) is 4.74 Å². The van der Waals surface area contributed by atoms with Crippen LogP contribution in [0.1, 0.15) is 64.6 Å². The van der Waals surface area contributed by atoms with E-state index in [1.807, 2.05) is 17.9 Å². The van der Waals surface area contributed by atoms with E-state index in [1.54, 1.807) is 24.2 Å². The van der Waals surface area contributed by atoms with Crippen LogP contribution >= 0.6 is 0 Å². The zero-order valence-electron chi connectivity index (χ0n) is 16.3. The van der Waals surface area contributed by atoms with Gasteiger partial charge in [0.2, 0.25) is 5.88 Å². The zero-order chi connectivity index (χ0) is 19.7. The van der Waals surface area contributed by atoms with Gasteiger partial charge in [0, 0.05) is 30.9 Å². The molecule has 8 heteroatoms. The van der Waals surface area contributed by atoms with Crippen molar-refractivity contribution in [2.24, 2.45) is 0 Å². The van der Waals surface area contributed by atoms with Crippen molar-refractivity contribution in [3.8, 4) is 5.88 Å². The summed E-state index contributed by atoms with van der Waals surface area (Å²) >= 11 is 0. The summed E-state index contributed by atoms with van der Waals surface area (Å²) in [5.74, 6) is 0.263. The average molecular weight is 383 g/mol. The number of ether oxygens (including phenoxy) is 1. The Balaban J connectivity index is 1.50. The highest BCUT2D eigenvalue weighted by Crippen LogP contribution is 2.33. The minimum absolute atomic E-state index is 0.0360. The normalized spacial score (nSPS) is 16.5. The highest BCUT2D eigenvalue weighted by molar-refractivity contribution is 5.98. The van der Waals surface area contributed by atoms with Gasteiger partial charge in [0.05, 0.1) is 36.7 Å². The van der Waals surface area contributed by atoms with Crippen LogP contribution < -0.4 is 10.1 Å². The van der Waals surface area contributed by atoms with Gasteiger partial charge in [-0.15, -0.1) is 0 Å². The van der Waals surface area contributed by atoms with Crippen molar-refractivity contribution in [1.82, 2.24) is 25.0 Å². The number of aryl methyl sites for hydroxylation is 1. The van der Waals surface area contributed by atoms with Crippen LogP contribution in [0.15, 0.2) is 18.5 Å². The summed E-state index contributed by atoms with van der Waals surface area (Å²) in [6.45, 7) is 3.44. The van der Waals surface area contributed by atoms with Crippen molar-refractivity contribution in [2.75, 3.05) is 7.11 Å². The molecule has 0 unspecified atom stereocenters. The topological polar surface area (TPSA) is 89.4 Å². The van der Waals surface area contributed by atoms with Crippen LogP contribution in [0.3, 0.4) is 0 Å². The monoisotopic (exact) mass is 383 g/mol. The first-order chi connectivity index (χ1) is 13.6. The summed E-state index contributed by atoms with van der Waals surface area (Å²) in [7, 11) is 1.55. The second-order valence-electron chi connectivity index (χ2n) is 7.29. The molecule has 0 spiro atoms. The Kier molecular flexibility index (Phi) is 5.02. The largest absolute Gasteiger partial charge is 0.481 e. The fraction of sp³-hybridized carbons (Fsp3) is 0.500. The Morgan fingerprint density at radius 2 is 2.14 bits per heavy atom. The van der Waals surface area contributed by atoms with Gasteiger partial charge in [-0.25, -0.2) is 4.98 Å². The summed E-state index contributed by atoms with van der Waals surface area (Å²) in [6, 6.07) is 2.12. The maximum absolute atomic E-state index is 12.9. The molecule has 0 atom stereocenters. The third kappa shape index (κ3) is 3.34. The SMILES string of the molecule is CCn1cc(C(=O)NCc2cc3c(nc2OC)CN(C2CCCC2)C3=O)cn1. The number of aromatic nitrogens is 3. The minimum Gasteiger partial charge on any atom is -0.481 e. The lowest BCUT2D eigenvalue weighted by molar-refractivity contribution is 0.0706. The Labute approximate surface area is 163 Å². The first-order valence-electron chi connectivity index (χ1n) is 9.79. The van der Waals surface area contributed by atoms with Crippen molar-refractivity contribution in [3.63, 3.8) is 0 Å². The van der Waals surface area contributed by atoms with Gasteiger partial charge in [-0.3, -0.25) is 14.3 Å². The molecule has 2 aromatic rings. The van der Waals surface area contributed by atoms with Crippen LogP contribution in [0.4, 0.5) is 0 Å². The predicted octanol–water partition coefficient (Wildman–Crippen LogP) is 2.13.